The summed E-state index contributed by atoms with van der Waals surface area (Å²) in [6.45, 7) is 5.77. The quantitative estimate of drug-likeness (QED) is 0.277. The van der Waals surface area contributed by atoms with E-state index in [1.165, 1.54) is 77.4 Å². The molecule has 3 atom stereocenters. The highest BCUT2D eigenvalue weighted by Gasteiger charge is 2.66. The van der Waals surface area contributed by atoms with Crippen LogP contribution in [0.1, 0.15) is 57.8 Å². The Bertz CT molecular complexity index is 474. The molecule has 2 aliphatic carbocycles. The highest BCUT2D eigenvalue weighted by molar-refractivity contribution is 14.0. The van der Waals surface area contributed by atoms with Gasteiger partial charge < -0.3 is 20.3 Å². The van der Waals surface area contributed by atoms with Gasteiger partial charge in [-0.15, -0.1) is 24.0 Å². The van der Waals surface area contributed by atoms with Crippen LogP contribution in [0.2, 0.25) is 0 Å². The van der Waals surface area contributed by atoms with E-state index in [9.17, 15) is 0 Å². The molecule has 26 heavy (non-hydrogen) atoms. The summed E-state index contributed by atoms with van der Waals surface area (Å²) in [5.74, 6) is 1.70. The maximum Gasteiger partial charge on any atom is 0.191 e. The summed E-state index contributed by atoms with van der Waals surface area (Å²) in [4.78, 5) is 7.13. The summed E-state index contributed by atoms with van der Waals surface area (Å²) in [6.07, 6.45) is 12.6. The first-order valence-electron chi connectivity index (χ1n) is 10.6. The van der Waals surface area contributed by atoms with Gasteiger partial charge in [0.1, 0.15) is 0 Å². The first-order chi connectivity index (χ1) is 12.3. The lowest BCUT2D eigenvalue weighted by molar-refractivity contribution is -0.171. The lowest BCUT2D eigenvalue weighted by atomic mass is 9.46. The van der Waals surface area contributed by atoms with Crippen molar-refractivity contribution in [2.75, 3.05) is 39.8 Å². The lowest BCUT2D eigenvalue weighted by Crippen LogP contribution is -2.72. The minimum atomic E-state index is 0. The van der Waals surface area contributed by atoms with Gasteiger partial charge in [-0.2, -0.15) is 0 Å². The summed E-state index contributed by atoms with van der Waals surface area (Å²) in [5, 5.41) is 7.32. The fraction of sp³-hybridized carbons (Fsp3) is 0.950. The number of rotatable bonds is 5. The second kappa shape index (κ2) is 9.41. The van der Waals surface area contributed by atoms with Crippen LogP contribution in [0.3, 0.4) is 0 Å². The molecule has 0 aromatic rings. The number of hydrogen-bond donors (Lipinski definition) is 2. The van der Waals surface area contributed by atoms with Crippen LogP contribution in [-0.2, 0) is 4.74 Å². The van der Waals surface area contributed by atoms with E-state index in [2.05, 4.69) is 20.5 Å². The fourth-order valence-electron chi connectivity index (χ4n) is 5.67. The fourth-order valence-corrected chi connectivity index (χ4v) is 5.67. The molecule has 2 saturated carbocycles. The Morgan fingerprint density at radius 1 is 1.15 bits per heavy atom. The average Bonchev–Trinajstić information content (AvgIpc) is 2.83. The van der Waals surface area contributed by atoms with Gasteiger partial charge in [-0.25, -0.2) is 0 Å². The summed E-state index contributed by atoms with van der Waals surface area (Å²) in [6, 6.07) is 0.575. The summed E-state index contributed by atoms with van der Waals surface area (Å²) in [7, 11) is 1.90. The Hall–Kier alpha value is -0.0800. The van der Waals surface area contributed by atoms with Crippen LogP contribution in [0.5, 0.6) is 0 Å². The van der Waals surface area contributed by atoms with Crippen molar-refractivity contribution in [1.29, 1.82) is 0 Å². The Labute approximate surface area is 176 Å². The zero-order valence-corrected chi connectivity index (χ0v) is 18.7. The first-order valence-corrected chi connectivity index (χ1v) is 10.6. The smallest absolute Gasteiger partial charge is 0.191 e. The zero-order valence-electron chi connectivity index (χ0n) is 16.3. The molecule has 3 unspecified atom stereocenters. The number of likely N-dealkylation sites (tertiary alicyclic amines) is 1. The van der Waals surface area contributed by atoms with E-state index < -0.39 is 0 Å². The third-order valence-corrected chi connectivity index (χ3v) is 7.19. The van der Waals surface area contributed by atoms with E-state index in [-0.39, 0.29) is 24.0 Å². The standard InChI is InChI=1S/C20H36N4O.HI/c1-21-19(22-11-7-14-24-12-4-2-3-5-13-24)23-17-16-8-15-25-18(16)20(17)9-6-10-20;/h16-18H,2-15H2,1H3,(H2,21,22,23);1H. The van der Waals surface area contributed by atoms with Crippen molar-refractivity contribution in [2.45, 2.75) is 69.9 Å². The van der Waals surface area contributed by atoms with Gasteiger partial charge in [0, 0.05) is 37.6 Å². The molecule has 2 saturated heterocycles. The highest BCUT2D eigenvalue weighted by atomic mass is 127. The molecule has 150 valence electrons. The minimum absolute atomic E-state index is 0. The van der Waals surface area contributed by atoms with Crippen LogP contribution in [0.25, 0.3) is 0 Å². The van der Waals surface area contributed by atoms with Gasteiger partial charge in [0.2, 0.25) is 0 Å². The zero-order chi connectivity index (χ0) is 17.1. The molecule has 2 N–H and O–H groups in total. The van der Waals surface area contributed by atoms with Crippen LogP contribution in [0.4, 0.5) is 0 Å². The van der Waals surface area contributed by atoms with Crippen LogP contribution in [-0.4, -0.2) is 62.8 Å². The van der Waals surface area contributed by atoms with Crippen molar-refractivity contribution >= 4 is 29.9 Å². The lowest BCUT2D eigenvalue weighted by Gasteiger charge is -2.63. The first kappa shape index (κ1) is 20.6. The molecule has 5 nitrogen and oxygen atoms in total. The number of nitrogens with zero attached hydrogens (tertiary/aromatic N) is 2. The maximum atomic E-state index is 6.03. The molecule has 6 heteroatoms. The van der Waals surface area contributed by atoms with E-state index in [1.54, 1.807) is 0 Å². The summed E-state index contributed by atoms with van der Waals surface area (Å²) in [5.41, 5.74) is 0.421. The van der Waals surface area contributed by atoms with Crippen LogP contribution >= 0.6 is 24.0 Å². The number of nitrogens with one attached hydrogen (secondary N) is 2. The molecule has 2 heterocycles. The molecule has 4 fully saturated rings. The molecule has 0 bridgehead atoms. The Morgan fingerprint density at radius 2 is 1.92 bits per heavy atom. The number of ether oxygens (including phenoxy) is 1. The molecule has 2 aliphatic heterocycles. The molecule has 1 spiro atoms. The molecule has 0 amide bonds. The normalized spacial score (nSPS) is 33.4. The predicted molar refractivity (Wildman–Crippen MR) is 117 cm³/mol. The van der Waals surface area contributed by atoms with Crippen molar-refractivity contribution in [3.05, 3.63) is 0 Å². The number of hydrogen-bond acceptors (Lipinski definition) is 3. The van der Waals surface area contributed by atoms with Gasteiger partial charge in [0.05, 0.1) is 6.10 Å². The largest absolute Gasteiger partial charge is 0.377 e. The van der Waals surface area contributed by atoms with Gasteiger partial charge >= 0.3 is 0 Å². The number of halogens is 1. The number of fused-ring (bicyclic) bond motifs is 2. The minimum Gasteiger partial charge on any atom is -0.377 e. The second-order valence-corrected chi connectivity index (χ2v) is 8.56. The summed E-state index contributed by atoms with van der Waals surface area (Å²) < 4.78 is 6.03. The van der Waals surface area contributed by atoms with Crippen LogP contribution in [0, 0.1) is 11.3 Å². The number of guanidine groups is 1. The SMILES string of the molecule is CN=C(NCCCN1CCCCCC1)NC1C2CCOC2C12CCC2.I. The van der Waals surface area contributed by atoms with E-state index in [1.807, 2.05) is 7.05 Å². The Balaban J connectivity index is 0.00000196. The molecular weight excluding hydrogens is 439 g/mol. The van der Waals surface area contributed by atoms with Gasteiger partial charge in [-0.3, -0.25) is 4.99 Å². The van der Waals surface area contributed by atoms with Gasteiger partial charge in [-0.1, -0.05) is 19.3 Å². The predicted octanol–water partition coefficient (Wildman–Crippen LogP) is 2.99. The molecule has 4 aliphatic rings. The van der Waals surface area contributed by atoms with E-state index in [0.717, 1.165) is 19.1 Å². The third kappa shape index (κ3) is 4.02. The maximum absolute atomic E-state index is 6.03. The van der Waals surface area contributed by atoms with Crippen LogP contribution in [0.15, 0.2) is 4.99 Å². The van der Waals surface area contributed by atoms with Gasteiger partial charge in [-0.05, 0) is 58.2 Å². The monoisotopic (exact) mass is 476 g/mol. The van der Waals surface area contributed by atoms with E-state index >= 15 is 0 Å². The topological polar surface area (TPSA) is 48.9 Å². The van der Waals surface area contributed by atoms with Crippen molar-refractivity contribution < 1.29 is 4.74 Å². The molecule has 0 radical (unpaired) electrons. The average molecular weight is 476 g/mol. The molecular formula is C20H37IN4O. The summed E-state index contributed by atoms with van der Waals surface area (Å²) >= 11 is 0. The Morgan fingerprint density at radius 3 is 2.58 bits per heavy atom. The molecule has 0 aromatic heterocycles. The molecule has 4 rings (SSSR count). The van der Waals surface area contributed by atoms with Crippen molar-refractivity contribution in [3.8, 4) is 0 Å². The third-order valence-electron chi connectivity index (χ3n) is 7.19. The van der Waals surface area contributed by atoms with Crippen molar-refractivity contribution in [1.82, 2.24) is 15.5 Å². The Kier molecular flexibility index (Phi) is 7.48. The van der Waals surface area contributed by atoms with E-state index in [4.69, 9.17) is 4.74 Å². The number of aliphatic imine (C=N–C) groups is 1. The van der Waals surface area contributed by atoms with Gasteiger partial charge in [0.25, 0.3) is 0 Å². The highest BCUT2D eigenvalue weighted by Crippen LogP contribution is 2.62. The second-order valence-electron chi connectivity index (χ2n) is 8.56. The van der Waals surface area contributed by atoms with E-state index in [0.29, 0.717) is 23.5 Å². The van der Waals surface area contributed by atoms with Crippen LogP contribution < -0.4 is 10.6 Å². The van der Waals surface area contributed by atoms with Gasteiger partial charge in [0.15, 0.2) is 5.96 Å². The molecule has 0 aromatic carbocycles. The van der Waals surface area contributed by atoms with Crippen molar-refractivity contribution in [3.63, 3.8) is 0 Å². The van der Waals surface area contributed by atoms with Crippen molar-refractivity contribution in [2.24, 2.45) is 16.3 Å².